The van der Waals surface area contributed by atoms with Crippen molar-refractivity contribution in [3.63, 3.8) is 0 Å². The second-order valence-corrected chi connectivity index (χ2v) is 8.86. The topological polar surface area (TPSA) is 73.7 Å². The van der Waals surface area contributed by atoms with Crippen molar-refractivity contribution in [2.24, 2.45) is 0 Å². The number of sulfonamides is 1. The lowest BCUT2D eigenvalue weighted by molar-refractivity contribution is 0.107. The average Bonchev–Trinajstić information content (AvgIpc) is 3.32. The van der Waals surface area contributed by atoms with Gasteiger partial charge in [-0.25, -0.2) is 12.8 Å². The molecule has 0 N–H and O–H groups in total. The van der Waals surface area contributed by atoms with Gasteiger partial charge in [0, 0.05) is 30.8 Å². The molecule has 2 aromatic rings. The summed E-state index contributed by atoms with van der Waals surface area (Å²) in [7, 11) is -2.57. The zero-order chi connectivity index (χ0) is 19.9. The second kappa shape index (κ2) is 7.46. The molecule has 1 saturated heterocycles. The fraction of sp³-hybridized carbons (Fsp3) is 0.526. The Morgan fingerprint density at radius 2 is 2.21 bits per heavy atom. The minimum Gasteiger partial charge on any atom is -0.495 e. The number of ether oxygens (including phenoxy) is 2. The van der Waals surface area contributed by atoms with Crippen LogP contribution in [0.25, 0.3) is 0 Å². The van der Waals surface area contributed by atoms with E-state index in [1.165, 1.54) is 23.5 Å². The molecule has 0 saturated carbocycles. The molecule has 0 spiro atoms. The molecule has 0 aliphatic carbocycles. The Kier molecular flexibility index (Phi) is 5.15. The van der Waals surface area contributed by atoms with E-state index in [0.717, 1.165) is 42.4 Å². The summed E-state index contributed by atoms with van der Waals surface area (Å²) in [5.74, 6) is -0.479. The number of halogens is 1. The molecule has 1 atom stereocenters. The van der Waals surface area contributed by atoms with Crippen LogP contribution in [0.15, 0.2) is 23.1 Å². The van der Waals surface area contributed by atoms with E-state index < -0.39 is 15.8 Å². The second-order valence-electron chi connectivity index (χ2n) is 7.00. The zero-order valence-corrected chi connectivity index (χ0v) is 16.8. The van der Waals surface area contributed by atoms with Gasteiger partial charge in [-0.15, -0.1) is 0 Å². The van der Waals surface area contributed by atoms with Gasteiger partial charge in [0.15, 0.2) is 0 Å². The Bertz CT molecular complexity index is 989. The number of nitrogens with zero attached hydrogens (tertiary/aromatic N) is 3. The first-order valence-corrected chi connectivity index (χ1v) is 10.9. The lowest BCUT2D eigenvalue weighted by Crippen LogP contribution is -2.32. The Morgan fingerprint density at radius 3 is 2.96 bits per heavy atom. The minimum atomic E-state index is -3.95. The van der Waals surface area contributed by atoms with Crippen LogP contribution in [0.3, 0.4) is 0 Å². The number of hydrogen-bond acceptors (Lipinski definition) is 5. The highest BCUT2D eigenvalue weighted by molar-refractivity contribution is 7.89. The number of fused-ring (bicyclic) bond motifs is 1. The number of methoxy groups -OCH3 is 1. The summed E-state index contributed by atoms with van der Waals surface area (Å²) in [6.45, 7) is 4.19. The van der Waals surface area contributed by atoms with Crippen LogP contribution >= 0.6 is 0 Å². The summed E-state index contributed by atoms with van der Waals surface area (Å²) in [4.78, 5) is -0.151. The van der Waals surface area contributed by atoms with E-state index in [1.54, 1.807) is 0 Å². The smallest absolute Gasteiger partial charge is 0.247 e. The predicted molar refractivity (Wildman–Crippen MR) is 100 cm³/mol. The molecule has 1 fully saturated rings. The van der Waals surface area contributed by atoms with Crippen molar-refractivity contribution in [1.82, 2.24) is 14.1 Å². The summed E-state index contributed by atoms with van der Waals surface area (Å²) in [6, 6.07) is 3.17. The van der Waals surface area contributed by atoms with Crippen molar-refractivity contribution >= 4 is 10.0 Å². The SMILES string of the molecule is CCn1nc(C2CCCN2S(=O)(=O)c2cc(F)ccc2OC)c2c1CCOC2. The largest absolute Gasteiger partial charge is 0.495 e. The van der Waals surface area contributed by atoms with Crippen LogP contribution in [-0.4, -0.2) is 42.8 Å². The highest BCUT2D eigenvalue weighted by atomic mass is 32.2. The minimum absolute atomic E-state index is 0.136. The molecule has 0 bridgehead atoms. The van der Waals surface area contributed by atoms with E-state index >= 15 is 0 Å². The van der Waals surface area contributed by atoms with Crippen molar-refractivity contribution in [3.05, 3.63) is 41.0 Å². The van der Waals surface area contributed by atoms with Crippen molar-refractivity contribution in [2.45, 2.75) is 50.3 Å². The molecular weight excluding hydrogens is 385 g/mol. The number of benzene rings is 1. The fourth-order valence-corrected chi connectivity index (χ4v) is 5.97. The van der Waals surface area contributed by atoms with Gasteiger partial charge in [0.1, 0.15) is 16.5 Å². The van der Waals surface area contributed by atoms with E-state index in [1.807, 2.05) is 11.6 Å². The van der Waals surface area contributed by atoms with Gasteiger partial charge in [-0.05, 0) is 38.0 Å². The van der Waals surface area contributed by atoms with Gasteiger partial charge in [-0.2, -0.15) is 9.40 Å². The number of aryl methyl sites for hydroxylation is 1. The van der Waals surface area contributed by atoms with E-state index in [9.17, 15) is 12.8 Å². The molecule has 1 unspecified atom stereocenters. The molecule has 7 nitrogen and oxygen atoms in total. The van der Waals surface area contributed by atoms with Crippen molar-refractivity contribution in [1.29, 1.82) is 0 Å². The zero-order valence-electron chi connectivity index (χ0n) is 16.0. The van der Waals surface area contributed by atoms with Crippen LogP contribution in [0.4, 0.5) is 4.39 Å². The molecule has 3 heterocycles. The first kappa shape index (κ1) is 19.4. The molecular formula is C19H24FN3O4S. The van der Waals surface area contributed by atoms with Gasteiger partial charge in [0.25, 0.3) is 0 Å². The lowest BCUT2D eigenvalue weighted by atomic mass is 10.0. The third-order valence-electron chi connectivity index (χ3n) is 5.46. The van der Waals surface area contributed by atoms with E-state index in [4.69, 9.17) is 14.6 Å². The van der Waals surface area contributed by atoms with Crippen molar-refractivity contribution < 1.29 is 22.3 Å². The highest BCUT2D eigenvalue weighted by Gasteiger charge is 2.41. The van der Waals surface area contributed by atoms with Crippen molar-refractivity contribution in [3.8, 4) is 5.75 Å². The van der Waals surface area contributed by atoms with Gasteiger partial charge < -0.3 is 9.47 Å². The van der Waals surface area contributed by atoms with Gasteiger partial charge in [-0.3, -0.25) is 4.68 Å². The maximum Gasteiger partial charge on any atom is 0.247 e. The number of aromatic nitrogens is 2. The maximum atomic E-state index is 13.8. The average molecular weight is 409 g/mol. The molecule has 9 heteroatoms. The van der Waals surface area contributed by atoms with Crippen LogP contribution < -0.4 is 4.74 Å². The molecule has 1 aromatic heterocycles. The summed E-state index contributed by atoms with van der Waals surface area (Å²) in [5, 5.41) is 4.74. The third kappa shape index (κ3) is 3.11. The van der Waals surface area contributed by atoms with E-state index in [-0.39, 0.29) is 16.7 Å². The Balaban J connectivity index is 1.78. The molecule has 28 heavy (non-hydrogen) atoms. The van der Waals surface area contributed by atoms with Crippen molar-refractivity contribution in [2.75, 3.05) is 20.3 Å². The van der Waals surface area contributed by atoms with Gasteiger partial charge in [0.05, 0.1) is 32.1 Å². The molecule has 152 valence electrons. The predicted octanol–water partition coefficient (Wildman–Crippen LogP) is 2.65. The van der Waals surface area contributed by atoms with Crippen LogP contribution in [0.2, 0.25) is 0 Å². The highest BCUT2D eigenvalue weighted by Crippen LogP contribution is 2.40. The van der Waals surface area contributed by atoms with Crippen LogP contribution in [0, 0.1) is 5.82 Å². The number of rotatable bonds is 5. The molecule has 0 radical (unpaired) electrons. The van der Waals surface area contributed by atoms with Gasteiger partial charge in [0.2, 0.25) is 10.0 Å². The summed E-state index contributed by atoms with van der Waals surface area (Å²) >= 11 is 0. The van der Waals surface area contributed by atoms with E-state index in [2.05, 4.69) is 0 Å². The summed E-state index contributed by atoms with van der Waals surface area (Å²) in [5.41, 5.74) is 2.87. The molecule has 1 aromatic carbocycles. The molecule has 4 rings (SSSR count). The standard InChI is InChI=1S/C19H24FN3O4S/c1-3-22-15-8-10-27-12-14(15)19(21-22)16-5-4-9-23(16)28(24,25)18-11-13(20)6-7-17(18)26-2/h6-7,11,16H,3-5,8-10,12H2,1-2H3. The van der Waals surface area contributed by atoms with Gasteiger partial charge >= 0.3 is 0 Å². The normalized spacial score (nSPS) is 20.3. The monoisotopic (exact) mass is 409 g/mol. The summed E-state index contributed by atoms with van der Waals surface area (Å²) < 4.78 is 54.8. The first-order valence-electron chi connectivity index (χ1n) is 9.49. The van der Waals surface area contributed by atoms with E-state index in [0.29, 0.717) is 26.2 Å². The Labute approximate surface area is 164 Å². The van der Waals surface area contributed by atoms with Crippen LogP contribution in [-0.2, 0) is 34.3 Å². The molecule has 0 amide bonds. The van der Waals surface area contributed by atoms with Crippen LogP contribution in [0.5, 0.6) is 5.75 Å². The first-order chi connectivity index (χ1) is 13.5. The third-order valence-corrected chi connectivity index (χ3v) is 7.39. The Morgan fingerprint density at radius 1 is 1.39 bits per heavy atom. The molecule has 2 aliphatic rings. The maximum absolute atomic E-state index is 13.8. The lowest BCUT2D eigenvalue weighted by Gasteiger charge is -2.25. The number of hydrogen-bond donors (Lipinski definition) is 0. The van der Waals surface area contributed by atoms with Gasteiger partial charge in [-0.1, -0.05) is 0 Å². The van der Waals surface area contributed by atoms with Crippen LogP contribution in [0.1, 0.15) is 42.8 Å². The quantitative estimate of drug-likeness (QED) is 0.759. The molecule has 2 aliphatic heterocycles. The summed E-state index contributed by atoms with van der Waals surface area (Å²) in [6.07, 6.45) is 2.16. The fourth-order valence-electron chi connectivity index (χ4n) is 4.14. The Hall–Kier alpha value is -1.97.